The topological polar surface area (TPSA) is 79.9 Å². The van der Waals surface area contributed by atoms with Crippen LogP contribution in [-0.2, 0) is 13.0 Å². The molecule has 0 saturated carbocycles. The number of rotatable bonds is 9. The lowest BCUT2D eigenvalue weighted by Gasteiger charge is -2.27. The number of amides is 2. The number of fused-ring (bicyclic) bond motifs is 2. The van der Waals surface area contributed by atoms with Gasteiger partial charge >= 0.3 is 0 Å². The van der Waals surface area contributed by atoms with Gasteiger partial charge in [-0.2, -0.15) is 0 Å². The van der Waals surface area contributed by atoms with Gasteiger partial charge in [0.2, 0.25) is 6.79 Å². The summed E-state index contributed by atoms with van der Waals surface area (Å²) in [4.78, 5) is 28.7. The molecule has 44 heavy (non-hydrogen) atoms. The minimum absolute atomic E-state index is 0.0443. The van der Waals surface area contributed by atoms with Crippen LogP contribution in [0.2, 0.25) is 0 Å². The minimum Gasteiger partial charge on any atom is -0.454 e. The van der Waals surface area contributed by atoms with Crippen molar-refractivity contribution in [2.75, 3.05) is 12.1 Å². The number of benzene rings is 5. The first-order valence-electron chi connectivity index (χ1n) is 14.7. The molecule has 2 atom stereocenters. The van der Waals surface area contributed by atoms with Gasteiger partial charge in [-0.05, 0) is 65.6 Å². The van der Waals surface area contributed by atoms with E-state index >= 15 is 0 Å². The van der Waals surface area contributed by atoms with E-state index in [0.29, 0.717) is 35.6 Å². The molecule has 2 aliphatic heterocycles. The lowest BCUT2D eigenvalue weighted by molar-refractivity contribution is 0.0728. The molecule has 0 aromatic heterocycles. The van der Waals surface area contributed by atoms with Gasteiger partial charge in [-0.25, -0.2) is 0 Å². The lowest BCUT2D eigenvalue weighted by Crippen LogP contribution is -2.32. The van der Waals surface area contributed by atoms with Crippen LogP contribution in [0.3, 0.4) is 0 Å². The quantitative estimate of drug-likeness (QED) is 0.198. The van der Waals surface area contributed by atoms with Gasteiger partial charge in [-0.3, -0.25) is 9.59 Å². The zero-order valence-corrected chi connectivity index (χ0v) is 24.0. The van der Waals surface area contributed by atoms with E-state index in [1.54, 1.807) is 0 Å². The van der Waals surface area contributed by atoms with Gasteiger partial charge in [0.1, 0.15) is 6.17 Å². The molecule has 7 nitrogen and oxygen atoms in total. The summed E-state index contributed by atoms with van der Waals surface area (Å²) in [5.74, 6) is 1.20. The van der Waals surface area contributed by atoms with Gasteiger partial charge in [-0.15, -0.1) is 0 Å². The van der Waals surface area contributed by atoms with E-state index in [-0.39, 0.29) is 30.8 Å². The Bertz CT molecular complexity index is 1790. The first-order chi connectivity index (χ1) is 21.6. The van der Waals surface area contributed by atoms with Crippen molar-refractivity contribution in [3.63, 3.8) is 0 Å². The molecule has 0 spiro atoms. The van der Waals surface area contributed by atoms with E-state index < -0.39 is 0 Å². The highest BCUT2D eigenvalue weighted by Gasteiger charge is 2.36. The number of ether oxygens (including phenoxy) is 2. The number of anilines is 1. The molecule has 0 saturated heterocycles. The highest BCUT2D eigenvalue weighted by Crippen LogP contribution is 2.38. The third kappa shape index (κ3) is 5.60. The van der Waals surface area contributed by atoms with Crippen LogP contribution in [0, 0.1) is 0 Å². The Morgan fingerprint density at radius 1 is 0.773 bits per heavy atom. The number of carbonyl (C=O) groups is 2. The lowest BCUT2D eigenvalue weighted by atomic mass is 9.98. The van der Waals surface area contributed by atoms with Crippen molar-refractivity contribution < 1.29 is 19.1 Å². The predicted octanol–water partition coefficient (Wildman–Crippen LogP) is 6.90. The minimum atomic E-state index is -0.378. The van der Waals surface area contributed by atoms with E-state index in [4.69, 9.17) is 9.47 Å². The van der Waals surface area contributed by atoms with Gasteiger partial charge in [0.05, 0.1) is 6.04 Å². The standard InChI is InChI=1S/C37H31N3O4/c41-36(39-32(27-11-5-2-6-12-27)21-25-9-3-1-4-10-25)28-16-18-29(19-17-28)38-35-30-13-7-8-14-31(30)37(42)40(35)23-26-15-20-33-34(22-26)44-24-43-33/h1-20,22,32,35,38H,21,23-24H2,(H,39,41)/t32-,35-/m0/s1. The summed E-state index contributed by atoms with van der Waals surface area (Å²) in [7, 11) is 0. The number of nitrogens with one attached hydrogen (secondary N) is 2. The number of hydrogen-bond acceptors (Lipinski definition) is 5. The maximum absolute atomic E-state index is 13.5. The number of hydrogen-bond donors (Lipinski definition) is 2. The van der Waals surface area contributed by atoms with Crippen LogP contribution < -0.4 is 20.1 Å². The molecule has 5 aromatic carbocycles. The first-order valence-corrected chi connectivity index (χ1v) is 14.7. The van der Waals surface area contributed by atoms with E-state index in [1.807, 2.05) is 120 Å². The molecule has 2 heterocycles. The summed E-state index contributed by atoms with van der Waals surface area (Å²) < 4.78 is 11.0. The van der Waals surface area contributed by atoms with Crippen molar-refractivity contribution in [1.82, 2.24) is 10.2 Å². The van der Waals surface area contributed by atoms with Crippen molar-refractivity contribution >= 4 is 17.5 Å². The summed E-state index contributed by atoms with van der Waals surface area (Å²) in [5, 5.41) is 6.76. The molecule has 7 heteroatoms. The van der Waals surface area contributed by atoms with E-state index in [0.717, 1.165) is 27.9 Å². The molecule has 0 aliphatic carbocycles. The van der Waals surface area contributed by atoms with Gasteiger partial charge < -0.3 is 25.0 Å². The molecule has 7 rings (SSSR count). The smallest absolute Gasteiger partial charge is 0.256 e. The number of nitrogens with zero attached hydrogens (tertiary/aromatic N) is 1. The predicted molar refractivity (Wildman–Crippen MR) is 168 cm³/mol. The van der Waals surface area contributed by atoms with Crippen LogP contribution in [0.5, 0.6) is 11.5 Å². The summed E-state index contributed by atoms with van der Waals surface area (Å²) >= 11 is 0. The monoisotopic (exact) mass is 581 g/mol. The second-order valence-electron chi connectivity index (χ2n) is 11.0. The second kappa shape index (κ2) is 12.0. The van der Waals surface area contributed by atoms with E-state index in [2.05, 4.69) is 22.8 Å². The van der Waals surface area contributed by atoms with Crippen LogP contribution in [0.1, 0.15) is 55.2 Å². The molecule has 0 unspecified atom stereocenters. The van der Waals surface area contributed by atoms with Gasteiger partial charge in [0.15, 0.2) is 11.5 Å². The fraction of sp³-hybridized carbons (Fsp3) is 0.135. The normalized spacial score (nSPS) is 15.5. The first kappa shape index (κ1) is 27.3. The van der Waals surface area contributed by atoms with Crippen LogP contribution in [0.4, 0.5) is 5.69 Å². The Hall–Kier alpha value is -5.56. The molecule has 2 aliphatic rings. The Labute approximate surface area is 256 Å². The summed E-state index contributed by atoms with van der Waals surface area (Å²) in [5.41, 5.74) is 6.09. The van der Waals surface area contributed by atoms with Crippen LogP contribution in [-0.4, -0.2) is 23.5 Å². The Balaban J connectivity index is 1.09. The Kier molecular flexibility index (Phi) is 7.42. The zero-order chi connectivity index (χ0) is 29.9. The molecule has 0 fully saturated rings. The average Bonchev–Trinajstić information content (AvgIpc) is 3.64. The van der Waals surface area contributed by atoms with Crippen molar-refractivity contribution in [3.8, 4) is 11.5 Å². The molecular formula is C37H31N3O4. The zero-order valence-electron chi connectivity index (χ0n) is 24.0. The van der Waals surface area contributed by atoms with Crippen molar-refractivity contribution in [2.45, 2.75) is 25.2 Å². The number of carbonyl (C=O) groups excluding carboxylic acids is 2. The van der Waals surface area contributed by atoms with Crippen LogP contribution >= 0.6 is 0 Å². The van der Waals surface area contributed by atoms with Crippen LogP contribution in [0.25, 0.3) is 0 Å². The average molecular weight is 582 g/mol. The summed E-state index contributed by atoms with van der Waals surface area (Å²) in [6.45, 7) is 0.593. The molecule has 218 valence electrons. The van der Waals surface area contributed by atoms with Crippen molar-refractivity contribution in [2.24, 2.45) is 0 Å². The maximum Gasteiger partial charge on any atom is 0.256 e. The molecule has 0 bridgehead atoms. The highest BCUT2D eigenvalue weighted by molar-refractivity contribution is 5.99. The van der Waals surface area contributed by atoms with Crippen molar-refractivity contribution in [3.05, 3.63) is 161 Å². The SMILES string of the molecule is O=C(N[C@@H](Cc1ccccc1)c1ccccc1)c1ccc(N[C@@H]2c3ccccc3C(=O)N2Cc2ccc3c(c2)OCO3)cc1. The van der Waals surface area contributed by atoms with Gasteiger partial charge in [0, 0.05) is 28.9 Å². The molecule has 2 amide bonds. The van der Waals surface area contributed by atoms with E-state index in [9.17, 15) is 9.59 Å². The third-order valence-electron chi connectivity index (χ3n) is 8.09. The largest absolute Gasteiger partial charge is 0.454 e. The molecule has 5 aromatic rings. The van der Waals surface area contributed by atoms with Crippen molar-refractivity contribution in [1.29, 1.82) is 0 Å². The van der Waals surface area contributed by atoms with Gasteiger partial charge in [0.25, 0.3) is 11.8 Å². The van der Waals surface area contributed by atoms with Crippen LogP contribution in [0.15, 0.2) is 127 Å². The fourth-order valence-corrected chi connectivity index (χ4v) is 5.83. The molecule has 0 radical (unpaired) electrons. The van der Waals surface area contributed by atoms with E-state index in [1.165, 1.54) is 0 Å². The fourth-order valence-electron chi connectivity index (χ4n) is 5.83. The highest BCUT2D eigenvalue weighted by atomic mass is 16.7. The summed E-state index contributed by atoms with van der Waals surface area (Å²) in [6.07, 6.45) is 0.307. The third-order valence-corrected chi connectivity index (χ3v) is 8.09. The molecular weight excluding hydrogens is 550 g/mol. The maximum atomic E-state index is 13.5. The Morgan fingerprint density at radius 3 is 2.27 bits per heavy atom. The van der Waals surface area contributed by atoms with Gasteiger partial charge in [-0.1, -0.05) is 84.9 Å². The second-order valence-corrected chi connectivity index (χ2v) is 11.0. The molecule has 2 N–H and O–H groups in total. The summed E-state index contributed by atoms with van der Waals surface area (Å²) in [6, 6.07) is 40.8. The Morgan fingerprint density at radius 2 is 1.48 bits per heavy atom.